The van der Waals surface area contributed by atoms with Gasteiger partial charge < -0.3 is 10.4 Å². The summed E-state index contributed by atoms with van der Waals surface area (Å²) < 4.78 is 0. The van der Waals surface area contributed by atoms with Crippen LogP contribution >= 0.6 is 0 Å². The third-order valence-electron chi connectivity index (χ3n) is 5.18. The van der Waals surface area contributed by atoms with Gasteiger partial charge in [-0.1, -0.05) is 25.5 Å². The average Bonchev–Trinajstić information content (AvgIpc) is 3.06. The molecule has 21 heavy (non-hydrogen) atoms. The van der Waals surface area contributed by atoms with E-state index in [0.717, 1.165) is 18.4 Å². The van der Waals surface area contributed by atoms with E-state index in [1.807, 2.05) is 0 Å². The van der Waals surface area contributed by atoms with Gasteiger partial charge in [-0.15, -0.1) is 0 Å². The van der Waals surface area contributed by atoms with Crippen LogP contribution in [0.3, 0.4) is 0 Å². The van der Waals surface area contributed by atoms with Gasteiger partial charge in [-0.2, -0.15) is 0 Å². The van der Waals surface area contributed by atoms with Crippen LogP contribution in [0.1, 0.15) is 36.5 Å². The summed E-state index contributed by atoms with van der Waals surface area (Å²) in [5, 5.41) is 12.8. The standard InChI is InChI=1S/C17H24N2O2/c1-2-19-11-12-6-5-8-13(12)15(19)10-18-17(21)14-7-3-4-9-16(14)20/h3-4,7,9,12-13,15,20H,2,5-6,8,10-11H2,1H3,(H,18,21). The second kappa shape index (κ2) is 6.06. The maximum Gasteiger partial charge on any atom is 0.255 e. The lowest BCUT2D eigenvalue weighted by Gasteiger charge is -2.27. The average molecular weight is 288 g/mol. The fourth-order valence-corrected chi connectivity index (χ4v) is 4.11. The topological polar surface area (TPSA) is 52.6 Å². The van der Waals surface area contributed by atoms with E-state index in [9.17, 15) is 9.90 Å². The van der Waals surface area contributed by atoms with Gasteiger partial charge in [0.25, 0.3) is 5.91 Å². The number of benzene rings is 1. The van der Waals surface area contributed by atoms with Crippen molar-refractivity contribution in [2.24, 2.45) is 11.8 Å². The van der Waals surface area contributed by atoms with Gasteiger partial charge >= 0.3 is 0 Å². The predicted molar refractivity (Wildman–Crippen MR) is 82.3 cm³/mol. The number of nitrogens with zero attached hydrogens (tertiary/aromatic N) is 1. The van der Waals surface area contributed by atoms with Crippen molar-refractivity contribution in [2.75, 3.05) is 19.6 Å². The number of likely N-dealkylation sites (tertiary alicyclic amines) is 1. The molecule has 1 heterocycles. The van der Waals surface area contributed by atoms with Crippen LogP contribution in [0.2, 0.25) is 0 Å². The van der Waals surface area contributed by atoms with Gasteiger partial charge in [-0.25, -0.2) is 0 Å². The second-order valence-electron chi connectivity index (χ2n) is 6.24. The number of para-hydroxylation sites is 1. The summed E-state index contributed by atoms with van der Waals surface area (Å²) in [6.07, 6.45) is 3.96. The van der Waals surface area contributed by atoms with Crippen molar-refractivity contribution in [3.05, 3.63) is 29.8 Å². The molecule has 2 fully saturated rings. The highest BCUT2D eigenvalue weighted by atomic mass is 16.3. The summed E-state index contributed by atoms with van der Waals surface area (Å²) in [6, 6.07) is 7.17. The van der Waals surface area contributed by atoms with E-state index in [1.165, 1.54) is 25.8 Å². The number of phenolic OH excluding ortho intramolecular Hbond substituents is 1. The Morgan fingerprint density at radius 2 is 2.19 bits per heavy atom. The Morgan fingerprint density at radius 1 is 1.38 bits per heavy atom. The number of rotatable bonds is 4. The van der Waals surface area contributed by atoms with Crippen LogP contribution in [0.15, 0.2) is 24.3 Å². The molecule has 0 aromatic heterocycles. The Bertz CT molecular complexity index is 517. The summed E-state index contributed by atoms with van der Waals surface area (Å²) in [6.45, 7) is 5.10. The number of carbonyl (C=O) groups is 1. The third-order valence-corrected chi connectivity index (χ3v) is 5.18. The lowest BCUT2D eigenvalue weighted by Crippen LogP contribution is -2.42. The molecule has 1 saturated carbocycles. The van der Waals surface area contributed by atoms with Crippen molar-refractivity contribution >= 4 is 5.91 Å². The minimum Gasteiger partial charge on any atom is -0.507 e. The Morgan fingerprint density at radius 3 is 2.95 bits per heavy atom. The summed E-state index contributed by atoms with van der Waals surface area (Å²) in [5.74, 6) is 1.42. The minimum absolute atomic E-state index is 0.0486. The summed E-state index contributed by atoms with van der Waals surface area (Å²) in [7, 11) is 0. The van der Waals surface area contributed by atoms with Crippen molar-refractivity contribution in [2.45, 2.75) is 32.2 Å². The molecule has 4 nitrogen and oxygen atoms in total. The number of likely N-dealkylation sites (N-methyl/N-ethyl adjacent to an activating group) is 1. The summed E-state index contributed by atoms with van der Waals surface area (Å²) >= 11 is 0. The van der Waals surface area contributed by atoms with Crippen molar-refractivity contribution in [1.82, 2.24) is 10.2 Å². The van der Waals surface area contributed by atoms with E-state index < -0.39 is 0 Å². The number of nitrogens with one attached hydrogen (secondary N) is 1. The first-order valence-electron chi connectivity index (χ1n) is 8.01. The molecule has 2 aliphatic rings. The van der Waals surface area contributed by atoms with Crippen LogP contribution in [0.25, 0.3) is 0 Å². The zero-order valence-electron chi connectivity index (χ0n) is 12.6. The number of amides is 1. The molecule has 0 radical (unpaired) electrons. The van der Waals surface area contributed by atoms with Crippen molar-refractivity contribution < 1.29 is 9.90 Å². The van der Waals surface area contributed by atoms with Gasteiger partial charge in [-0.05, 0) is 43.4 Å². The number of hydrogen-bond donors (Lipinski definition) is 2. The predicted octanol–water partition coefficient (Wildman–Crippen LogP) is 2.24. The fourth-order valence-electron chi connectivity index (χ4n) is 4.11. The molecular formula is C17H24N2O2. The minimum atomic E-state index is -0.175. The molecule has 3 rings (SSSR count). The first-order valence-corrected chi connectivity index (χ1v) is 8.01. The van der Waals surface area contributed by atoms with Gasteiger partial charge in [-0.3, -0.25) is 9.69 Å². The van der Waals surface area contributed by atoms with Crippen LogP contribution in [0, 0.1) is 11.8 Å². The highest BCUT2D eigenvalue weighted by molar-refractivity contribution is 5.96. The van der Waals surface area contributed by atoms with Gasteiger partial charge in [0, 0.05) is 19.1 Å². The molecule has 1 aromatic rings. The quantitative estimate of drug-likeness (QED) is 0.893. The molecule has 1 aliphatic heterocycles. The number of hydrogen-bond acceptors (Lipinski definition) is 3. The third kappa shape index (κ3) is 2.77. The van der Waals surface area contributed by atoms with E-state index in [1.54, 1.807) is 24.3 Å². The molecule has 114 valence electrons. The maximum atomic E-state index is 12.2. The van der Waals surface area contributed by atoms with Crippen LogP contribution in [0.5, 0.6) is 5.75 Å². The summed E-state index contributed by atoms with van der Waals surface area (Å²) in [4.78, 5) is 14.7. The van der Waals surface area contributed by atoms with Crippen molar-refractivity contribution in [3.8, 4) is 5.75 Å². The van der Waals surface area contributed by atoms with Gasteiger partial charge in [0.15, 0.2) is 0 Å². The zero-order chi connectivity index (χ0) is 14.8. The molecule has 2 N–H and O–H groups in total. The van der Waals surface area contributed by atoms with E-state index in [-0.39, 0.29) is 11.7 Å². The Labute approximate surface area is 126 Å². The number of carbonyl (C=O) groups excluding carboxylic acids is 1. The first kappa shape index (κ1) is 14.4. The maximum absolute atomic E-state index is 12.2. The zero-order valence-corrected chi connectivity index (χ0v) is 12.6. The van der Waals surface area contributed by atoms with Crippen molar-refractivity contribution in [3.63, 3.8) is 0 Å². The molecule has 1 amide bonds. The van der Waals surface area contributed by atoms with E-state index in [2.05, 4.69) is 17.1 Å². The van der Waals surface area contributed by atoms with Crippen LogP contribution < -0.4 is 5.32 Å². The Balaban J connectivity index is 1.64. The monoisotopic (exact) mass is 288 g/mol. The SMILES string of the molecule is CCN1CC2CCCC2C1CNC(=O)c1ccccc1O. The fraction of sp³-hybridized carbons (Fsp3) is 0.588. The number of aromatic hydroxyl groups is 1. The molecule has 0 bridgehead atoms. The molecule has 1 saturated heterocycles. The second-order valence-corrected chi connectivity index (χ2v) is 6.24. The van der Waals surface area contributed by atoms with E-state index in [0.29, 0.717) is 18.2 Å². The highest BCUT2D eigenvalue weighted by Crippen LogP contribution is 2.41. The lowest BCUT2D eigenvalue weighted by molar-refractivity contribution is 0.0933. The Hall–Kier alpha value is -1.55. The number of phenols is 1. The first-order chi connectivity index (χ1) is 10.2. The van der Waals surface area contributed by atoms with Crippen LogP contribution in [-0.2, 0) is 0 Å². The smallest absolute Gasteiger partial charge is 0.255 e. The van der Waals surface area contributed by atoms with E-state index >= 15 is 0 Å². The lowest BCUT2D eigenvalue weighted by atomic mass is 9.94. The largest absolute Gasteiger partial charge is 0.507 e. The molecule has 3 unspecified atom stereocenters. The highest BCUT2D eigenvalue weighted by Gasteiger charge is 2.43. The summed E-state index contributed by atoms with van der Waals surface area (Å²) in [5.41, 5.74) is 0.363. The normalized spacial score (nSPS) is 28.5. The molecule has 1 aromatic carbocycles. The Kier molecular flexibility index (Phi) is 4.15. The van der Waals surface area contributed by atoms with Crippen LogP contribution in [0.4, 0.5) is 0 Å². The molecule has 1 aliphatic carbocycles. The van der Waals surface area contributed by atoms with Gasteiger partial charge in [0.05, 0.1) is 5.56 Å². The van der Waals surface area contributed by atoms with Gasteiger partial charge in [0.2, 0.25) is 0 Å². The van der Waals surface area contributed by atoms with E-state index in [4.69, 9.17) is 0 Å². The molecule has 0 spiro atoms. The van der Waals surface area contributed by atoms with Crippen molar-refractivity contribution in [1.29, 1.82) is 0 Å². The number of fused-ring (bicyclic) bond motifs is 1. The molecule has 3 atom stereocenters. The molecule has 4 heteroatoms. The van der Waals surface area contributed by atoms with Crippen LogP contribution in [-0.4, -0.2) is 41.6 Å². The molecular weight excluding hydrogens is 264 g/mol. The van der Waals surface area contributed by atoms with Gasteiger partial charge in [0.1, 0.15) is 5.75 Å².